The van der Waals surface area contributed by atoms with Crippen LogP contribution in [0.5, 0.6) is 0 Å². The Labute approximate surface area is 116 Å². The first-order valence-electron chi connectivity index (χ1n) is 5.58. The molecule has 1 rings (SSSR count). The number of hydrogen-bond donors (Lipinski definition) is 3. The molecule has 9 heteroatoms. The summed E-state index contributed by atoms with van der Waals surface area (Å²) in [5.74, 6) is -0.829. The van der Waals surface area contributed by atoms with Crippen LogP contribution in [0, 0.1) is 0 Å². The van der Waals surface area contributed by atoms with Gasteiger partial charge >= 0.3 is 115 Å². The van der Waals surface area contributed by atoms with Crippen molar-refractivity contribution < 1.29 is 23.4 Å². The van der Waals surface area contributed by atoms with E-state index in [1.165, 1.54) is 19.1 Å². The summed E-state index contributed by atoms with van der Waals surface area (Å²) < 4.78 is 9.19. The third-order valence-electron chi connectivity index (χ3n) is 2.09. The van der Waals surface area contributed by atoms with Crippen molar-refractivity contribution in [3.63, 3.8) is 0 Å². The summed E-state index contributed by atoms with van der Waals surface area (Å²) in [4.78, 5) is 33.3. The van der Waals surface area contributed by atoms with Crippen molar-refractivity contribution in [3.05, 3.63) is 29.8 Å². The van der Waals surface area contributed by atoms with E-state index < -0.39 is 20.1 Å². The Morgan fingerprint density at radius 1 is 1.05 bits per heavy atom. The molecule has 0 heterocycles. The van der Waals surface area contributed by atoms with Crippen LogP contribution in [0.1, 0.15) is 24.2 Å². The molecule has 110 valence electrons. The van der Waals surface area contributed by atoms with Crippen LogP contribution in [-0.4, -0.2) is 17.8 Å². The van der Waals surface area contributed by atoms with E-state index in [1.807, 2.05) is 0 Å². The number of hydrogen-bond acceptors (Lipinski definition) is 7. The van der Waals surface area contributed by atoms with Crippen molar-refractivity contribution >= 4 is 31.6 Å². The fourth-order valence-corrected chi connectivity index (χ4v) is 2.15. The van der Waals surface area contributed by atoms with E-state index in [4.69, 9.17) is 11.0 Å². The molecule has 20 heavy (non-hydrogen) atoms. The van der Waals surface area contributed by atoms with Crippen molar-refractivity contribution in [1.82, 2.24) is 0 Å². The molecule has 1 aromatic carbocycles. The quantitative estimate of drug-likeness (QED) is 0.564. The zero-order valence-corrected chi connectivity index (χ0v) is 12.0. The summed E-state index contributed by atoms with van der Waals surface area (Å²) in [5.41, 5.74) is 11.7. The molecule has 5 N–H and O–H groups in total. The summed E-state index contributed by atoms with van der Waals surface area (Å²) in [6.45, 7) is 2.53. The van der Waals surface area contributed by atoms with Crippen molar-refractivity contribution in [3.8, 4) is 0 Å². The topological polar surface area (TPSA) is 134 Å². The van der Waals surface area contributed by atoms with Gasteiger partial charge in [0.25, 0.3) is 0 Å². The zero-order chi connectivity index (χ0) is 15.3. The molecule has 0 aliphatic heterocycles. The van der Waals surface area contributed by atoms with E-state index in [9.17, 15) is 14.4 Å². The molecular weight excluding hydrogens is 285 g/mol. The molecule has 8 nitrogen and oxygen atoms in total. The molecule has 0 aromatic heterocycles. The predicted molar refractivity (Wildman–Crippen MR) is 75.0 cm³/mol. The molecular formula is C11H16N3O5P. The Bertz CT molecular complexity index is 529. The Balaban J connectivity index is 2.62. The number of carbonyl (C=O) groups excluding carboxylic acids is 3. The number of nitrogens with two attached hydrogens (primary N) is 2. The van der Waals surface area contributed by atoms with E-state index in [1.54, 1.807) is 12.1 Å². The third kappa shape index (κ3) is 5.31. The number of Topliss-reactive ketones (excluding diaryl/α,β-unsaturated/α-hetero) is 1. The van der Waals surface area contributed by atoms with Crippen LogP contribution in [0.15, 0.2) is 24.3 Å². The second-order valence-electron chi connectivity index (χ2n) is 3.96. The third-order valence-corrected chi connectivity index (χ3v) is 3.20. The van der Waals surface area contributed by atoms with Gasteiger partial charge in [0.2, 0.25) is 0 Å². The Hall–Kier alpha value is -2.02. The van der Waals surface area contributed by atoms with E-state index in [0.29, 0.717) is 11.3 Å². The summed E-state index contributed by atoms with van der Waals surface area (Å²) in [5, 5.41) is 2.35. The van der Waals surface area contributed by atoms with Crippen molar-refractivity contribution in [2.75, 3.05) is 5.32 Å². The first-order valence-corrected chi connectivity index (χ1v) is 7.55. The van der Waals surface area contributed by atoms with Gasteiger partial charge in [-0.15, -0.1) is 0 Å². The van der Waals surface area contributed by atoms with E-state index in [-0.39, 0.29) is 5.78 Å². The minimum absolute atomic E-state index is 0.0932. The van der Waals surface area contributed by atoms with Gasteiger partial charge < -0.3 is 0 Å². The van der Waals surface area contributed by atoms with Gasteiger partial charge in [0.1, 0.15) is 0 Å². The molecule has 0 aliphatic rings. The van der Waals surface area contributed by atoms with Gasteiger partial charge in [0.05, 0.1) is 0 Å². The van der Waals surface area contributed by atoms with Gasteiger partial charge in [0, 0.05) is 0 Å². The van der Waals surface area contributed by atoms with Gasteiger partial charge in [-0.2, -0.15) is 0 Å². The molecule has 1 amide bonds. The van der Waals surface area contributed by atoms with Crippen LogP contribution in [0.25, 0.3) is 0 Å². The van der Waals surface area contributed by atoms with E-state index in [0.717, 1.165) is 6.92 Å². The second-order valence-corrected chi connectivity index (χ2v) is 5.81. The molecule has 0 saturated carbocycles. The van der Waals surface area contributed by atoms with Crippen molar-refractivity contribution in [2.45, 2.75) is 13.8 Å². The summed E-state index contributed by atoms with van der Waals surface area (Å²) >= 11 is 0. The molecule has 0 unspecified atom stereocenters. The Kier molecular flexibility index (Phi) is 5.15. The van der Waals surface area contributed by atoms with E-state index in [2.05, 4.69) is 14.4 Å². The summed E-state index contributed by atoms with van der Waals surface area (Å²) in [6, 6.07) is 6.11. The molecule has 0 fully saturated rings. The van der Waals surface area contributed by atoms with Crippen molar-refractivity contribution in [2.24, 2.45) is 11.0 Å². The van der Waals surface area contributed by atoms with Gasteiger partial charge in [0.15, 0.2) is 0 Å². The number of ketones is 1. The van der Waals surface area contributed by atoms with Crippen LogP contribution in [0.4, 0.5) is 10.5 Å². The van der Waals surface area contributed by atoms with Crippen LogP contribution >= 0.6 is 8.02 Å². The second kappa shape index (κ2) is 6.42. The standard InChI is InChI=1S/C11H16N3O5P/c1-7(15)9-3-5-10(6-4-9)14-11(17)19-20(12,13)18-8(2)16/h3-6,20H,12-13H2,1-2H3,(H,14,17). The van der Waals surface area contributed by atoms with Gasteiger partial charge in [-0.1, -0.05) is 0 Å². The van der Waals surface area contributed by atoms with Gasteiger partial charge in [-0.05, 0) is 0 Å². The van der Waals surface area contributed by atoms with Crippen LogP contribution in [0.2, 0.25) is 0 Å². The number of benzene rings is 1. The summed E-state index contributed by atoms with van der Waals surface area (Å²) in [7, 11) is -3.83. The average molecular weight is 301 g/mol. The average Bonchev–Trinajstić information content (AvgIpc) is 2.26. The zero-order valence-electron chi connectivity index (χ0n) is 11.0. The molecule has 0 radical (unpaired) electrons. The molecule has 0 aliphatic carbocycles. The van der Waals surface area contributed by atoms with Gasteiger partial charge in [-0.25, -0.2) is 0 Å². The Morgan fingerprint density at radius 2 is 1.60 bits per heavy atom. The number of carbonyl (C=O) groups is 3. The first kappa shape index (κ1) is 16.0. The SMILES string of the molecule is CC(=O)O[PH](N)(N)OC(=O)Nc1ccc(C(C)=O)cc1. The predicted octanol–water partition coefficient (Wildman–Crippen LogP) is 1.33. The number of amides is 1. The molecule has 1 aromatic rings. The fourth-order valence-electron chi connectivity index (χ4n) is 1.32. The summed E-state index contributed by atoms with van der Waals surface area (Å²) in [6.07, 6.45) is -0.946. The van der Waals surface area contributed by atoms with Gasteiger partial charge in [-0.3, -0.25) is 0 Å². The monoisotopic (exact) mass is 301 g/mol. The van der Waals surface area contributed by atoms with Crippen LogP contribution in [0.3, 0.4) is 0 Å². The fraction of sp³-hybridized carbons (Fsp3) is 0.182. The number of rotatable bonds is 4. The Morgan fingerprint density at radius 3 is 2.05 bits per heavy atom. The van der Waals surface area contributed by atoms with E-state index >= 15 is 0 Å². The maximum absolute atomic E-state index is 11.5. The molecule has 0 atom stereocenters. The minimum atomic E-state index is -3.83. The van der Waals surface area contributed by atoms with Crippen molar-refractivity contribution in [1.29, 1.82) is 0 Å². The number of anilines is 1. The van der Waals surface area contributed by atoms with Crippen LogP contribution < -0.4 is 16.3 Å². The molecule has 0 spiro atoms. The molecule has 0 saturated heterocycles. The molecule has 0 bridgehead atoms. The first-order chi connectivity index (χ1) is 9.19. The van der Waals surface area contributed by atoms with Crippen LogP contribution in [-0.2, 0) is 13.8 Å². The number of nitrogens with one attached hydrogen (secondary N) is 1. The maximum atomic E-state index is 11.5. The normalized spacial score (nSPS) is 11.4.